The number of hydrogen-bond donors (Lipinski definition) is 2. The first-order valence-corrected chi connectivity index (χ1v) is 10.6. The Balaban J connectivity index is 1.27. The second-order valence-electron chi connectivity index (χ2n) is 8.14. The topological polar surface area (TPSA) is 70.7 Å². The Morgan fingerprint density at radius 3 is 2.81 bits per heavy atom. The van der Waals surface area contributed by atoms with Crippen molar-refractivity contribution in [2.75, 3.05) is 23.9 Å². The zero-order chi connectivity index (χ0) is 21.4. The van der Waals surface area contributed by atoms with Crippen LogP contribution in [0.5, 0.6) is 5.75 Å². The van der Waals surface area contributed by atoms with Gasteiger partial charge in [0.1, 0.15) is 11.8 Å². The average Bonchev–Trinajstić information content (AvgIpc) is 3.22. The van der Waals surface area contributed by atoms with Gasteiger partial charge in [-0.1, -0.05) is 42.5 Å². The summed E-state index contributed by atoms with van der Waals surface area (Å²) in [5.41, 5.74) is 2.90. The fraction of sp³-hybridized carbons (Fsp3) is 0.280. The summed E-state index contributed by atoms with van der Waals surface area (Å²) in [4.78, 5) is 27.4. The molecule has 1 fully saturated rings. The number of fused-ring (bicyclic) bond motifs is 4. The lowest BCUT2D eigenvalue weighted by atomic mass is 9.99. The summed E-state index contributed by atoms with van der Waals surface area (Å²) < 4.78 is 5.55. The predicted octanol–water partition coefficient (Wildman–Crippen LogP) is 3.50. The van der Waals surface area contributed by atoms with Crippen LogP contribution in [0.2, 0.25) is 0 Å². The van der Waals surface area contributed by atoms with E-state index < -0.39 is 0 Å². The minimum absolute atomic E-state index is 0.00376. The molecule has 6 heteroatoms. The number of hydrogen-bond acceptors (Lipinski definition) is 4. The molecule has 0 aliphatic carbocycles. The van der Waals surface area contributed by atoms with Gasteiger partial charge in [0.2, 0.25) is 11.8 Å². The number of para-hydroxylation sites is 2. The Labute approximate surface area is 181 Å². The van der Waals surface area contributed by atoms with Crippen LogP contribution in [0.3, 0.4) is 0 Å². The number of amides is 2. The van der Waals surface area contributed by atoms with Crippen molar-refractivity contribution in [1.29, 1.82) is 0 Å². The first-order valence-electron chi connectivity index (χ1n) is 10.6. The number of ether oxygens (including phenoxy) is 1. The van der Waals surface area contributed by atoms with Crippen LogP contribution in [-0.4, -0.2) is 37.6 Å². The molecule has 2 heterocycles. The van der Waals surface area contributed by atoms with Gasteiger partial charge >= 0.3 is 0 Å². The Morgan fingerprint density at radius 2 is 1.94 bits per heavy atom. The molecule has 0 aromatic heterocycles. The minimum Gasteiger partial charge on any atom is -0.496 e. The number of nitrogens with zero attached hydrogens (tertiary/aromatic N) is 1. The van der Waals surface area contributed by atoms with Gasteiger partial charge in [-0.25, -0.2) is 0 Å². The molecule has 5 rings (SSSR count). The molecule has 3 aromatic carbocycles. The summed E-state index contributed by atoms with van der Waals surface area (Å²) in [5, 5.41) is 8.36. The van der Waals surface area contributed by atoms with Crippen molar-refractivity contribution < 1.29 is 14.3 Å². The van der Waals surface area contributed by atoms with Gasteiger partial charge in [0, 0.05) is 24.6 Å². The maximum atomic E-state index is 12.8. The smallest absolute Gasteiger partial charge is 0.247 e. The van der Waals surface area contributed by atoms with Crippen LogP contribution >= 0.6 is 0 Å². The summed E-state index contributed by atoms with van der Waals surface area (Å²) >= 11 is 0. The van der Waals surface area contributed by atoms with Crippen LogP contribution in [-0.2, 0) is 16.0 Å². The molecule has 2 N–H and O–H groups in total. The number of carbonyl (C=O) groups excluding carboxylic acids is 2. The average molecular weight is 415 g/mol. The first-order chi connectivity index (χ1) is 15.1. The van der Waals surface area contributed by atoms with Gasteiger partial charge in [-0.2, -0.15) is 0 Å². The highest BCUT2D eigenvalue weighted by molar-refractivity contribution is 6.04. The lowest BCUT2D eigenvalue weighted by molar-refractivity contribution is -0.122. The van der Waals surface area contributed by atoms with Crippen molar-refractivity contribution in [3.63, 3.8) is 0 Å². The molecule has 2 atom stereocenters. The van der Waals surface area contributed by atoms with Gasteiger partial charge in [0.05, 0.1) is 18.5 Å². The van der Waals surface area contributed by atoms with Crippen LogP contribution in [0.15, 0.2) is 60.7 Å². The van der Waals surface area contributed by atoms with Crippen molar-refractivity contribution in [3.05, 3.63) is 66.2 Å². The molecule has 2 aliphatic rings. The lowest BCUT2D eigenvalue weighted by Gasteiger charge is -2.32. The normalized spacial score (nSPS) is 19.5. The van der Waals surface area contributed by atoms with Crippen LogP contribution in [0.1, 0.15) is 18.4 Å². The van der Waals surface area contributed by atoms with Gasteiger partial charge in [-0.05, 0) is 41.8 Å². The molecule has 0 saturated carbocycles. The third-order valence-corrected chi connectivity index (χ3v) is 6.26. The van der Waals surface area contributed by atoms with Crippen molar-refractivity contribution >= 4 is 34.0 Å². The molecule has 1 saturated heterocycles. The van der Waals surface area contributed by atoms with Crippen LogP contribution < -0.4 is 20.3 Å². The van der Waals surface area contributed by atoms with Crippen molar-refractivity contribution in [2.45, 2.75) is 31.3 Å². The third-order valence-electron chi connectivity index (χ3n) is 6.26. The molecule has 31 heavy (non-hydrogen) atoms. The maximum Gasteiger partial charge on any atom is 0.247 e. The van der Waals surface area contributed by atoms with Gasteiger partial charge < -0.3 is 20.3 Å². The van der Waals surface area contributed by atoms with E-state index in [1.807, 2.05) is 48.5 Å². The van der Waals surface area contributed by atoms with Gasteiger partial charge in [-0.15, -0.1) is 0 Å². The molecule has 2 amide bonds. The third kappa shape index (κ3) is 3.58. The van der Waals surface area contributed by atoms with Crippen molar-refractivity contribution in [3.8, 4) is 5.75 Å². The van der Waals surface area contributed by atoms with Gasteiger partial charge in [-0.3, -0.25) is 9.59 Å². The van der Waals surface area contributed by atoms with E-state index in [9.17, 15) is 9.59 Å². The highest BCUT2D eigenvalue weighted by Crippen LogP contribution is 2.36. The zero-order valence-corrected chi connectivity index (χ0v) is 17.4. The Morgan fingerprint density at radius 1 is 1.13 bits per heavy atom. The van der Waals surface area contributed by atoms with E-state index in [-0.39, 0.29) is 23.9 Å². The second-order valence-corrected chi connectivity index (χ2v) is 8.14. The SMILES string of the molecule is COc1ccc2ccccc2c1CCC(=O)NC1CC2C(=O)Nc3ccccc3N2C1. The summed E-state index contributed by atoms with van der Waals surface area (Å²) in [6.07, 6.45) is 1.58. The molecule has 0 bridgehead atoms. The predicted molar refractivity (Wildman–Crippen MR) is 122 cm³/mol. The van der Waals surface area contributed by atoms with Gasteiger partial charge in [0.15, 0.2) is 0 Å². The molecule has 158 valence electrons. The van der Waals surface area contributed by atoms with Gasteiger partial charge in [0.25, 0.3) is 0 Å². The van der Waals surface area contributed by atoms with E-state index in [2.05, 4.69) is 27.7 Å². The molecule has 2 unspecified atom stereocenters. The van der Waals surface area contributed by atoms with Crippen LogP contribution in [0.4, 0.5) is 11.4 Å². The second kappa shape index (κ2) is 7.95. The van der Waals surface area contributed by atoms with E-state index in [0.717, 1.165) is 33.5 Å². The summed E-state index contributed by atoms with van der Waals surface area (Å²) in [5.74, 6) is 0.794. The van der Waals surface area contributed by atoms with Crippen molar-refractivity contribution in [1.82, 2.24) is 5.32 Å². The standard InChI is InChI=1S/C25H25N3O3/c1-31-23-12-10-16-6-2-3-7-18(16)19(23)11-13-24(29)26-17-14-22-25(30)27-20-8-4-5-9-21(20)28(22)15-17/h2-10,12,17,22H,11,13-15H2,1H3,(H,26,29)(H,27,30). The zero-order valence-electron chi connectivity index (χ0n) is 17.4. The van der Waals surface area contributed by atoms with Crippen LogP contribution in [0.25, 0.3) is 10.8 Å². The number of nitrogens with one attached hydrogen (secondary N) is 2. The monoisotopic (exact) mass is 415 g/mol. The Kier molecular flexibility index (Phi) is 4.98. The molecule has 2 aliphatic heterocycles. The summed E-state index contributed by atoms with van der Waals surface area (Å²) in [7, 11) is 1.66. The van der Waals surface area contributed by atoms with E-state index >= 15 is 0 Å². The number of rotatable bonds is 5. The molecule has 6 nitrogen and oxygen atoms in total. The highest BCUT2D eigenvalue weighted by Gasteiger charge is 2.41. The van der Waals surface area contributed by atoms with E-state index in [1.54, 1.807) is 7.11 Å². The van der Waals surface area contributed by atoms with E-state index in [4.69, 9.17) is 4.74 Å². The molecular weight excluding hydrogens is 390 g/mol. The van der Waals surface area contributed by atoms with Crippen LogP contribution in [0, 0.1) is 0 Å². The highest BCUT2D eigenvalue weighted by atomic mass is 16.5. The maximum absolute atomic E-state index is 12.8. The van der Waals surface area contributed by atoms with E-state index in [1.165, 1.54) is 0 Å². The quantitative estimate of drug-likeness (QED) is 0.669. The fourth-order valence-electron chi connectivity index (χ4n) is 4.80. The summed E-state index contributed by atoms with van der Waals surface area (Å²) in [6.45, 7) is 0.637. The largest absolute Gasteiger partial charge is 0.496 e. The van der Waals surface area contributed by atoms with E-state index in [0.29, 0.717) is 25.8 Å². The molecule has 3 aromatic rings. The summed E-state index contributed by atoms with van der Waals surface area (Å²) in [6, 6.07) is 19.7. The molecule has 0 spiro atoms. The number of carbonyl (C=O) groups is 2. The fourth-order valence-corrected chi connectivity index (χ4v) is 4.80. The lowest BCUT2D eigenvalue weighted by Crippen LogP contribution is -2.44. The van der Waals surface area contributed by atoms with Crippen molar-refractivity contribution in [2.24, 2.45) is 0 Å². The first kappa shape index (κ1) is 19.4. The Hall–Kier alpha value is -3.54. The number of methoxy groups -OCH3 is 1. The minimum atomic E-state index is -0.238. The molecular formula is C25H25N3O3. The molecule has 0 radical (unpaired) electrons. The number of anilines is 2. The number of aryl methyl sites for hydroxylation is 1. The Bertz CT molecular complexity index is 1160. The number of benzene rings is 3.